The molecule has 4 nitrogen and oxygen atoms in total. The summed E-state index contributed by atoms with van der Waals surface area (Å²) in [5, 5.41) is 3.78. The van der Waals surface area contributed by atoms with Crippen LogP contribution in [0.2, 0.25) is 0 Å². The van der Waals surface area contributed by atoms with Crippen molar-refractivity contribution in [2.45, 2.75) is 31.3 Å². The lowest BCUT2D eigenvalue weighted by atomic mass is 9.91. The Morgan fingerprint density at radius 1 is 1.00 bits per heavy atom. The van der Waals surface area contributed by atoms with Gasteiger partial charge in [0.2, 0.25) is 0 Å². The zero-order valence-electron chi connectivity index (χ0n) is 15.4. The summed E-state index contributed by atoms with van der Waals surface area (Å²) >= 11 is 0. The molecule has 2 atom stereocenters. The second-order valence-electron chi connectivity index (χ2n) is 7.65. The fraction of sp³-hybridized carbons (Fsp3) is 0.304. The summed E-state index contributed by atoms with van der Waals surface area (Å²) in [6, 6.07) is 18.1. The highest BCUT2D eigenvalue weighted by Gasteiger charge is 2.35. The van der Waals surface area contributed by atoms with E-state index in [0.717, 1.165) is 18.7 Å². The van der Waals surface area contributed by atoms with Crippen molar-refractivity contribution in [3.8, 4) is 11.1 Å². The number of hydrogen-bond donors (Lipinski definition) is 1. The van der Waals surface area contributed by atoms with E-state index >= 15 is 0 Å². The first-order valence-corrected chi connectivity index (χ1v) is 9.79. The van der Waals surface area contributed by atoms with Crippen LogP contribution < -0.4 is 5.32 Å². The Bertz CT molecular complexity index is 910. The SMILES string of the molecule is c1ccc(CN2CCCC3Nc4ccc(-c5cncnc5)cc4C3C2)cc1. The summed E-state index contributed by atoms with van der Waals surface area (Å²) in [6.07, 6.45) is 7.84. The third kappa shape index (κ3) is 3.33. The van der Waals surface area contributed by atoms with Crippen LogP contribution in [0.4, 0.5) is 5.69 Å². The van der Waals surface area contributed by atoms with Crippen molar-refractivity contribution in [1.29, 1.82) is 0 Å². The Morgan fingerprint density at radius 3 is 2.70 bits per heavy atom. The van der Waals surface area contributed by atoms with Crippen LogP contribution in [0.1, 0.15) is 29.9 Å². The Morgan fingerprint density at radius 2 is 1.85 bits per heavy atom. The summed E-state index contributed by atoms with van der Waals surface area (Å²) in [5.74, 6) is 0.538. The number of anilines is 1. The van der Waals surface area contributed by atoms with E-state index in [-0.39, 0.29) is 0 Å². The smallest absolute Gasteiger partial charge is 0.115 e. The Kier molecular flexibility index (Phi) is 4.34. The van der Waals surface area contributed by atoms with Crippen molar-refractivity contribution in [3.63, 3.8) is 0 Å². The molecule has 0 amide bonds. The van der Waals surface area contributed by atoms with Crippen molar-refractivity contribution in [3.05, 3.63) is 78.4 Å². The summed E-state index contributed by atoms with van der Waals surface area (Å²) in [6.45, 7) is 3.31. The molecule has 3 heterocycles. The maximum atomic E-state index is 4.18. The Hall–Kier alpha value is -2.72. The number of aromatic nitrogens is 2. The molecule has 3 aromatic rings. The van der Waals surface area contributed by atoms with E-state index in [9.17, 15) is 0 Å². The summed E-state index contributed by atoms with van der Waals surface area (Å²) < 4.78 is 0. The lowest BCUT2D eigenvalue weighted by molar-refractivity contribution is 0.264. The zero-order valence-corrected chi connectivity index (χ0v) is 15.4. The second-order valence-corrected chi connectivity index (χ2v) is 7.65. The van der Waals surface area contributed by atoms with Crippen molar-refractivity contribution in [2.24, 2.45) is 0 Å². The number of benzene rings is 2. The van der Waals surface area contributed by atoms with E-state index in [1.54, 1.807) is 6.33 Å². The highest BCUT2D eigenvalue weighted by Crippen LogP contribution is 2.41. The molecule has 2 aliphatic heterocycles. The van der Waals surface area contributed by atoms with Crippen LogP contribution in [0.15, 0.2) is 67.3 Å². The first-order valence-electron chi connectivity index (χ1n) is 9.79. The number of fused-ring (bicyclic) bond motifs is 3. The molecule has 2 unspecified atom stereocenters. The van der Waals surface area contributed by atoms with Crippen LogP contribution >= 0.6 is 0 Å². The van der Waals surface area contributed by atoms with Crippen molar-refractivity contribution in [1.82, 2.24) is 14.9 Å². The number of nitrogens with zero attached hydrogens (tertiary/aromatic N) is 3. The first kappa shape index (κ1) is 16.5. The minimum absolute atomic E-state index is 0.538. The molecule has 2 aliphatic rings. The summed E-state index contributed by atoms with van der Waals surface area (Å²) in [7, 11) is 0. The molecule has 1 fully saturated rings. The molecular formula is C23H24N4. The average Bonchev–Trinajstić information content (AvgIpc) is 2.93. The normalized spacial score (nSPS) is 21.8. The predicted molar refractivity (Wildman–Crippen MR) is 109 cm³/mol. The van der Waals surface area contributed by atoms with Gasteiger partial charge in [-0.3, -0.25) is 4.90 Å². The maximum absolute atomic E-state index is 4.18. The predicted octanol–water partition coefficient (Wildman–Crippen LogP) is 4.32. The molecule has 136 valence electrons. The van der Waals surface area contributed by atoms with Crippen molar-refractivity contribution in [2.75, 3.05) is 18.4 Å². The van der Waals surface area contributed by atoms with Crippen LogP contribution in [0.3, 0.4) is 0 Å². The van der Waals surface area contributed by atoms with Crippen LogP contribution in [0.5, 0.6) is 0 Å². The monoisotopic (exact) mass is 356 g/mol. The maximum Gasteiger partial charge on any atom is 0.115 e. The van der Waals surface area contributed by atoms with Gasteiger partial charge in [-0.1, -0.05) is 36.4 Å². The second kappa shape index (κ2) is 7.12. The number of likely N-dealkylation sites (tertiary alicyclic amines) is 1. The molecule has 0 aliphatic carbocycles. The van der Waals surface area contributed by atoms with Crippen LogP contribution in [0.25, 0.3) is 11.1 Å². The minimum atomic E-state index is 0.538. The van der Waals surface area contributed by atoms with Gasteiger partial charge in [0.15, 0.2) is 0 Å². The molecule has 2 aromatic carbocycles. The van der Waals surface area contributed by atoms with Crippen LogP contribution in [0, 0.1) is 0 Å². The molecule has 0 bridgehead atoms. The van der Waals surface area contributed by atoms with Gasteiger partial charge in [-0.05, 0) is 48.2 Å². The highest BCUT2D eigenvalue weighted by atomic mass is 15.1. The van der Waals surface area contributed by atoms with Gasteiger partial charge in [-0.2, -0.15) is 0 Å². The van der Waals surface area contributed by atoms with E-state index in [4.69, 9.17) is 0 Å². The molecule has 0 radical (unpaired) electrons. The molecule has 27 heavy (non-hydrogen) atoms. The highest BCUT2D eigenvalue weighted by molar-refractivity contribution is 5.70. The van der Waals surface area contributed by atoms with Gasteiger partial charge >= 0.3 is 0 Å². The fourth-order valence-corrected chi connectivity index (χ4v) is 4.53. The van der Waals surface area contributed by atoms with Crippen molar-refractivity contribution >= 4 is 5.69 Å². The number of nitrogens with one attached hydrogen (secondary N) is 1. The van der Waals surface area contributed by atoms with E-state index in [1.165, 1.54) is 41.8 Å². The topological polar surface area (TPSA) is 41.0 Å². The van der Waals surface area contributed by atoms with E-state index < -0.39 is 0 Å². The third-order valence-electron chi connectivity index (χ3n) is 5.86. The van der Waals surface area contributed by atoms with Gasteiger partial charge in [0.25, 0.3) is 0 Å². The molecular weight excluding hydrogens is 332 g/mol. The van der Waals surface area contributed by atoms with Gasteiger partial charge in [0.05, 0.1) is 0 Å². The van der Waals surface area contributed by atoms with Gasteiger partial charge in [0, 0.05) is 48.7 Å². The van der Waals surface area contributed by atoms with Crippen molar-refractivity contribution < 1.29 is 0 Å². The Balaban J connectivity index is 1.42. The molecule has 0 saturated carbocycles. The van der Waals surface area contributed by atoms with E-state index in [0.29, 0.717) is 12.0 Å². The molecule has 1 saturated heterocycles. The first-order chi connectivity index (χ1) is 13.4. The molecule has 5 rings (SSSR count). The van der Waals surface area contributed by atoms with Gasteiger partial charge in [0.1, 0.15) is 6.33 Å². The lowest BCUT2D eigenvalue weighted by Gasteiger charge is -2.24. The van der Waals surface area contributed by atoms with Gasteiger partial charge in [-0.15, -0.1) is 0 Å². The quantitative estimate of drug-likeness (QED) is 0.759. The van der Waals surface area contributed by atoms with Gasteiger partial charge in [-0.25, -0.2) is 9.97 Å². The lowest BCUT2D eigenvalue weighted by Crippen LogP contribution is -2.29. The van der Waals surface area contributed by atoms with Crippen LogP contribution in [-0.2, 0) is 6.54 Å². The minimum Gasteiger partial charge on any atom is -0.381 e. The standard InChI is InChI=1S/C23H24N4/c1-2-5-17(6-3-1)14-27-10-4-7-22-21(15-27)20-11-18(8-9-23(20)26-22)19-12-24-16-25-13-19/h1-3,5-6,8-9,11-13,16,21-22,26H,4,7,10,14-15H2. The summed E-state index contributed by atoms with van der Waals surface area (Å²) in [5.41, 5.74) is 6.43. The zero-order chi connectivity index (χ0) is 18.1. The fourth-order valence-electron chi connectivity index (χ4n) is 4.53. The van der Waals surface area contributed by atoms with E-state index in [1.807, 2.05) is 12.4 Å². The summed E-state index contributed by atoms with van der Waals surface area (Å²) in [4.78, 5) is 11.0. The Labute approximate surface area is 160 Å². The molecule has 1 aromatic heterocycles. The van der Waals surface area contributed by atoms with Crippen LogP contribution in [-0.4, -0.2) is 34.0 Å². The van der Waals surface area contributed by atoms with Gasteiger partial charge < -0.3 is 5.32 Å². The number of hydrogen-bond acceptors (Lipinski definition) is 4. The molecule has 0 spiro atoms. The largest absolute Gasteiger partial charge is 0.381 e. The molecule has 4 heteroatoms. The third-order valence-corrected chi connectivity index (χ3v) is 5.86. The number of rotatable bonds is 3. The van der Waals surface area contributed by atoms with E-state index in [2.05, 4.69) is 68.7 Å². The average molecular weight is 356 g/mol. The molecule has 1 N–H and O–H groups in total.